The van der Waals surface area contributed by atoms with Crippen LogP contribution >= 0.6 is 11.3 Å². The van der Waals surface area contributed by atoms with Gasteiger partial charge in [0.15, 0.2) is 5.82 Å². The van der Waals surface area contributed by atoms with Crippen LogP contribution in [0.15, 0.2) is 42.5 Å². The highest BCUT2D eigenvalue weighted by Gasteiger charge is 2.18. The van der Waals surface area contributed by atoms with E-state index >= 15 is 0 Å². The summed E-state index contributed by atoms with van der Waals surface area (Å²) >= 11 is 1.52. The summed E-state index contributed by atoms with van der Waals surface area (Å²) in [5.74, 6) is 0.640. The van der Waals surface area contributed by atoms with E-state index in [1.165, 1.54) is 23.5 Å². The molecule has 0 bridgehead atoms. The van der Waals surface area contributed by atoms with Gasteiger partial charge in [-0.2, -0.15) is 0 Å². The third kappa shape index (κ3) is 3.09. The van der Waals surface area contributed by atoms with Crippen molar-refractivity contribution in [2.24, 2.45) is 7.05 Å². The number of nitrogens with two attached hydrogens (primary N) is 1. The molecule has 1 atom stereocenters. The number of aromatic nitrogens is 3. The van der Waals surface area contributed by atoms with Crippen molar-refractivity contribution in [1.29, 1.82) is 0 Å². The lowest BCUT2D eigenvalue weighted by Crippen LogP contribution is -2.04. The van der Waals surface area contributed by atoms with E-state index in [0.29, 0.717) is 23.6 Å². The number of benzene rings is 1. The molecule has 0 saturated heterocycles. The number of halogens is 1. The molecule has 0 spiro atoms. The first-order chi connectivity index (χ1) is 13.0. The van der Waals surface area contributed by atoms with Gasteiger partial charge in [-0.15, -0.1) is 11.3 Å². The molecule has 0 fully saturated rings. The van der Waals surface area contributed by atoms with Crippen LogP contribution in [0.5, 0.6) is 0 Å². The number of aryl methyl sites for hydroxylation is 1. The van der Waals surface area contributed by atoms with Crippen LogP contribution in [0.2, 0.25) is 0 Å². The monoisotopic (exact) mass is 382 g/mol. The normalized spacial score (nSPS) is 12.6. The van der Waals surface area contributed by atoms with Gasteiger partial charge >= 0.3 is 0 Å². The predicted molar refractivity (Wildman–Crippen MR) is 107 cm³/mol. The molecule has 3 heterocycles. The second-order valence-corrected chi connectivity index (χ2v) is 7.47. The molecule has 0 amide bonds. The first-order valence-electron chi connectivity index (χ1n) is 8.65. The number of fused-ring (bicyclic) bond motifs is 1. The second kappa shape index (κ2) is 6.75. The van der Waals surface area contributed by atoms with Crippen LogP contribution in [0.1, 0.15) is 25.3 Å². The van der Waals surface area contributed by atoms with Gasteiger partial charge in [-0.05, 0) is 42.3 Å². The van der Waals surface area contributed by atoms with Crippen molar-refractivity contribution >= 4 is 28.2 Å². The topological polar surface area (TPSA) is 77.0 Å². The van der Waals surface area contributed by atoms with Crippen molar-refractivity contribution in [3.05, 3.63) is 54.1 Å². The predicted octanol–water partition coefficient (Wildman–Crippen LogP) is 4.53. The van der Waals surface area contributed by atoms with Gasteiger partial charge in [0.25, 0.3) is 0 Å². The number of thiophene rings is 1. The van der Waals surface area contributed by atoms with Crippen LogP contribution in [-0.4, -0.2) is 19.6 Å². The van der Waals surface area contributed by atoms with E-state index in [-0.39, 0.29) is 5.82 Å². The number of hydrogen-bond acceptors (Lipinski definition) is 5. The molecule has 3 N–H and O–H groups in total. The molecular weight excluding hydrogens is 363 g/mol. The zero-order chi connectivity index (χ0) is 19.1. The van der Waals surface area contributed by atoms with Gasteiger partial charge in [-0.25, -0.2) is 14.4 Å². The van der Waals surface area contributed by atoms with Crippen molar-refractivity contribution < 1.29 is 9.50 Å². The maximum absolute atomic E-state index is 13.5. The van der Waals surface area contributed by atoms with Crippen LogP contribution in [0.4, 0.5) is 10.2 Å². The van der Waals surface area contributed by atoms with Crippen molar-refractivity contribution in [1.82, 2.24) is 14.5 Å². The molecule has 0 aliphatic rings. The Morgan fingerprint density at radius 2 is 1.96 bits per heavy atom. The number of imidazole rings is 1. The number of rotatable bonds is 4. The van der Waals surface area contributed by atoms with Gasteiger partial charge in [0.1, 0.15) is 23.3 Å². The maximum atomic E-state index is 13.5. The number of nitrogen functional groups attached to an aromatic ring is 1. The number of pyridine rings is 1. The highest BCUT2D eigenvalue weighted by atomic mass is 32.1. The highest BCUT2D eigenvalue weighted by molar-refractivity contribution is 7.18. The zero-order valence-electron chi connectivity index (χ0n) is 15.0. The maximum Gasteiger partial charge on any atom is 0.152 e. The number of nitrogens with zero attached hydrogens (tertiary/aromatic N) is 3. The van der Waals surface area contributed by atoms with Gasteiger partial charge < -0.3 is 15.4 Å². The van der Waals surface area contributed by atoms with Crippen molar-refractivity contribution in [2.75, 3.05) is 5.73 Å². The Kier molecular flexibility index (Phi) is 4.41. The number of aliphatic hydroxyl groups excluding tert-OH is 1. The molecule has 0 saturated carbocycles. The van der Waals surface area contributed by atoms with E-state index in [1.54, 1.807) is 6.07 Å². The van der Waals surface area contributed by atoms with E-state index in [1.807, 2.05) is 42.8 Å². The SMILES string of the molecule is CCC(O)c1nc2c(N)nc(-c3ccc(-c4cccc(F)c4)s3)cc2n1C. The minimum Gasteiger partial charge on any atom is -0.385 e. The van der Waals surface area contributed by atoms with Crippen molar-refractivity contribution in [3.8, 4) is 21.0 Å². The molecule has 1 aromatic carbocycles. The summed E-state index contributed by atoms with van der Waals surface area (Å²) in [6.45, 7) is 1.90. The molecule has 7 heteroatoms. The van der Waals surface area contributed by atoms with Crippen LogP contribution in [0.3, 0.4) is 0 Å². The Labute approximate surface area is 159 Å². The van der Waals surface area contributed by atoms with Gasteiger partial charge in [-0.3, -0.25) is 0 Å². The van der Waals surface area contributed by atoms with Gasteiger partial charge in [0, 0.05) is 11.9 Å². The third-order valence-corrected chi connectivity index (χ3v) is 5.74. The quantitative estimate of drug-likeness (QED) is 0.544. The Bertz CT molecular complexity index is 1130. The molecule has 138 valence electrons. The van der Waals surface area contributed by atoms with Crippen LogP contribution < -0.4 is 5.73 Å². The van der Waals surface area contributed by atoms with E-state index in [9.17, 15) is 9.50 Å². The fourth-order valence-corrected chi connectivity index (χ4v) is 4.07. The van der Waals surface area contributed by atoms with Crippen LogP contribution in [0.25, 0.3) is 32.0 Å². The van der Waals surface area contributed by atoms with Crippen molar-refractivity contribution in [3.63, 3.8) is 0 Å². The molecule has 27 heavy (non-hydrogen) atoms. The summed E-state index contributed by atoms with van der Waals surface area (Å²) in [5.41, 5.74) is 9.11. The van der Waals surface area contributed by atoms with E-state index in [0.717, 1.165) is 26.5 Å². The lowest BCUT2D eigenvalue weighted by Gasteiger charge is -2.07. The van der Waals surface area contributed by atoms with Crippen LogP contribution in [0, 0.1) is 5.82 Å². The summed E-state index contributed by atoms with van der Waals surface area (Å²) in [7, 11) is 1.86. The summed E-state index contributed by atoms with van der Waals surface area (Å²) in [6.07, 6.45) is -0.0780. The van der Waals surface area contributed by atoms with E-state index in [2.05, 4.69) is 9.97 Å². The lowest BCUT2D eigenvalue weighted by molar-refractivity contribution is 0.161. The molecule has 5 nitrogen and oxygen atoms in total. The zero-order valence-corrected chi connectivity index (χ0v) is 15.8. The Hall–Kier alpha value is -2.77. The first kappa shape index (κ1) is 17.6. The first-order valence-corrected chi connectivity index (χ1v) is 9.46. The molecule has 1 unspecified atom stereocenters. The molecular formula is C20H19FN4OS. The fraction of sp³-hybridized carbons (Fsp3) is 0.200. The molecule has 0 aliphatic carbocycles. The third-order valence-electron chi connectivity index (χ3n) is 4.58. The smallest absolute Gasteiger partial charge is 0.152 e. The number of anilines is 1. The summed E-state index contributed by atoms with van der Waals surface area (Å²) in [5, 5.41) is 10.2. The van der Waals surface area contributed by atoms with E-state index < -0.39 is 6.10 Å². The largest absolute Gasteiger partial charge is 0.385 e. The standard InChI is InChI=1S/C20H19FN4OS/c1-3-15(26)20-24-18-14(25(20)2)10-13(23-19(18)22)17-8-7-16(27-17)11-5-4-6-12(21)9-11/h4-10,15,26H,3H2,1-2H3,(H2,22,23). The molecule has 3 aromatic heterocycles. The van der Waals surface area contributed by atoms with E-state index in [4.69, 9.17) is 5.73 Å². The summed E-state index contributed by atoms with van der Waals surface area (Å²) in [6, 6.07) is 12.3. The average molecular weight is 382 g/mol. The summed E-state index contributed by atoms with van der Waals surface area (Å²) < 4.78 is 15.4. The minimum absolute atomic E-state index is 0.261. The Balaban J connectivity index is 1.80. The van der Waals surface area contributed by atoms with Crippen LogP contribution in [-0.2, 0) is 7.05 Å². The molecule has 0 radical (unpaired) electrons. The summed E-state index contributed by atoms with van der Waals surface area (Å²) in [4.78, 5) is 10.8. The minimum atomic E-state index is -0.647. The highest BCUT2D eigenvalue weighted by Crippen LogP contribution is 2.36. The van der Waals surface area contributed by atoms with Gasteiger partial charge in [0.2, 0.25) is 0 Å². The van der Waals surface area contributed by atoms with Crippen molar-refractivity contribution in [2.45, 2.75) is 19.4 Å². The van der Waals surface area contributed by atoms with Gasteiger partial charge in [-0.1, -0.05) is 19.1 Å². The lowest BCUT2D eigenvalue weighted by atomic mass is 10.2. The molecule has 4 rings (SSSR count). The number of hydrogen-bond donors (Lipinski definition) is 2. The number of aliphatic hydroxyl groups is 1. The average Bonchev–Trinajstić information content (AvgIpc) is 3.27. The fourth-order valence-electron chi connectivity index (χ4n) is 3.11. The van der Waals surface area contributed by atoms with Gasteiger partial charge in [0.05, 0.1) is 16.1 Å². The molecule has 0 aliphatic heterocycles. The molecule has 4 aromatic rings. The Morgan fingerprint density at radius 3 is 2.70 bits per heavy atom. The Morgan fingerprint density at radius 1 is 1.19 bits per heavy atom. The second-order valence-electron chi connectivity index (χ2n) is 6.39.